The van der Waals surface area contributed by atoms with Crippen molar-refractivity contribution in [2.75, 3.05) is 12.4 Å². The standard InChI is InChI=1S/C21H14ClF2N5O8S2/c1-37-11-3-5-13(14(8-11)38(31,32)33)28-29-17-15(39(34,35)36)7-9-6-10(2-4-12(9)18(17)30)25-20-16(22)19(23)26-21(24)27-20/h2-8,30H,1H3,(H,25,26,27)(H,31,32,33)(H,34,35,36). The molecule has 0 amide bonds. The molecule has 0 unspecified atom stereocenters. The third-order valence-electron chi connectivity index (χ3n) is 5.08. The summed E-state index contributed by atoms with van der Waals surface area (Å²) >= 11 is 5.74. The number of halogens is 3. The van der Waals surface area contributed by atoms with Gasteiger partial charge in [-0.3, -0.25) is 9.11 Å². The fourth-order valence-corrected chi connectivity index (χ4v) is 4.78. The summed E-state index contributed by atoms with van der Waals surface area (Å²) in [5, 5.41) is 20.0. The van der Waals surface area contributed by atoms with E-state index in [9.17, 15) is 39.8 Å². The molecule has 0 saturated carbocycles. The van der Waals surface area contributed by atoms with Crippen LogP contribution in [0.4, 0.5) is 31.7 Å². The minimum Gasteiger partial charge on any atom is -0.505 e. The minimum atomic E-state index is -5.05. The van der Waals surface area contributed by atoms with E-state index < -0.39 is 70.0 Å². The fourth-order valence-electron chi connectivity index (χ4n) is 3.35. The third kappa shape index (κ3) is 5.86. The number of ether oxygens (including phenoxy) is 1. The molecule has 0 saturated heterocycles. The number of nitrogens with zero attached hydrogens (tertiary/aromatic N) is 4. The largest absolute Gasteiger partial charge is 0.505 e. The highest BCUT2D eigenvalue weighted by molar-refractivity contribution is 7.86. The highest BCUT2D eigenvalue weighted by atomic mass is 35.5. The molecule has 4 aromatic rings. The number of aromatic nitrogens is 2. The van der Waals surface area contributed by atoms with Gasteiger partial charge in [0.15, 0.2) is 11.6 Å². The van der Waals surface area contributed by atoms with E-state index in [2.05, 4.69) is 25.5 Å². The maximum atomic E-state index is 13.6. The molecule has 4 N–H and O–H groups in total. The number of anilines is 2. The molecular weight excluding hydrogens is 588 g/mol. The van der Waals surface area contributed by atoms with E-state index in [1.807, 2.05) is 0 Å². The van der Waals surface area contributed by atoms with Gasteiger partial charge in [-0.05, 0) is 41.8 Å². The predicted octanol–water partition coefficient (Wildman–Crippen LogP) is 4.93. The van der Waals surface area contributed by atoms with Gasteiger partial charge in [0.1, 0.15) is 31.9 Å². The zero-order valence-electron chi connectivity index (χ0n) is 19.2. The maximum absolute atomic E-state index is 13.6. The number of hydrogen-bond donors (Lipinski definition) is 4. The second-order valence-corrected chi connectivity index (χ2v) is 10.7. The first kappa shape index (κ1) is 28.0. The Bertz CT molecular complexity index is 1890. The molecule has 0 spiro atoms. The smallest absolute Gasteiger partial charge is 0.313 e. The van der Waals surface area contributed by atoms with Gasteiger partial charge < -0.3 is 15.2 Å². The van der Waals surface area contributed by atoms with Gasteiger partial charge in [0.05, 0.1) is 7.11 Å². The Balaban J connectivity index is 1.85. The van der Waals surface area contributed by atoms with Gasteiger partial charge in [0.25, 0.3) is 20.2 Å². The van der Waals surface area contributed by atoms with Crippen molar-refractivity contribution in [1.82, 2.24) is 9.97 Å². The van der Waals surface area contributed by atoms with Crippen LogP contribution in [0.3, 0.4) is 0 Å². The molecule has 39 heavy (non-hydrogen) atoms. The third-order valence-corrected chi connectivity index (χ3v) is 7.16. The van der Waals surface area contributed by atoms with Gasteiger partial charge >= 0.3 is 6.08 Å². The number of benzene rings is 3. The van der Waals surface area contributed by atoms with Crippen molar-refractivity contribution >= 4 is 65.5 Å². The molecule has 0 radical (unpaired) electrons. The molecule has 18 heteroatoms. The van der Waals surface area contributed by atoms with Gasteiger partial charge in [0.2, 0.25) is 5.95 Å². The summed E-state index contributed by atoms with van der Waals surface area (Å²) < 4.78 is 99.0. The van der Waals surface area contributed by atoms with Crippen molar-refractivity contribution in [2.24, 2.45) is 10.2 Å². The number of phenols is 1. The lowest BCUT2D eigenvalue weighted by Gasteiger charge is -2.12. The lowest BCUT2D eigenvalue weighted by atomic mass is 10.1. The van der Waals surface area contributed by atoms with Crippen molar-refractivity contribution in [1.29, 1.82) is 0 Å². The van der Waals surface area contributed by atoms with Crippen LogP contribution in [0.25, 0.3) is 10.8 Å². The van der Waals surface area contributed by atoms with Crippen molar-refractivity contribution in [3.05, 3.63) is 59.5 Å². The average Bonchev–Trinajstić information content (AvgIpc) is 2.85. The first-order valence-corrected chi connectivity index (χ1v) is 13.4. The summed E-state index contributed by atoms with van der Waals surface area (Å²) in [4.78, 5) is 4.53. The molecule has 1 aromatic heterocycles. The molecular formula is C21H14ClF2N5O8S2. The molecule has 0 aliphatic rings. The summed E-state index contributed by atoms with van der Waals surface area (Å²) in [6.45, 7) is 0. The van der Waals surface area contributed by atoms with Crippen LogP contribution in [0, 0.1) is 12.0 Å². The number of methoxy groups -OCH3 is 1. The van der Waals surface area contributed by atoms with Gasteiger partial charge in [-0.2, -0.15) is 35.6 Å². The SMILES string of the molecule is COc1ccc(N=Nc2c(S(=O)(=O)O)cc3cc(Nc4nc(F)nc(F)c4Cl)ccc3c2O)c(S(=O)(=O)O)c1. The quantitative estimate of drug-likeness (QED) is 0.0968. The monoisotopic (exact) mass is 601 g/mol. The Morgan fingerprint density at radius 1 is 0.949 bits per heavy atom. The second-order valence-electron chi connectivity index (χ2n) is 7.56. The second kappa shape index (κ2) is 10.3. The molecule has 0 aliphatic heterocycles. The van der Waals surface area contributed by atoms with E-state index in [0.29, 0.717) is 0 Å². The topological polar surface area (TPSA) is 201 Å². The Labute approximate surface area is 223 Å². The fraction of sp³-hybridized carbons (Fsp3) is 0.0476. The van der Waals surface area contributed by atoms with Crippen LogP contribution < -0.4 is 10.1 Å². The van der Waals surface area contributed by atoms with Crippen LogP contribution in [0.15, 0.2) is 62.5 Å². The van der Waals surface area contributed by atoms with Crippen LogP contribution >= 0.6 is 11.6 Å². The van der Waals surface area contributed by atoms with E-state index in [4.69, 9.17) is 16.3 Å². The summed E-state index contributed by atoms with van der Waals surface area (Å²) in [7, 11) is -8.64. The van der Waals surface area contributed by atoms with Crippen LogP contribution in [-0.4, -0.2) is 48.1 Å². The van der Waals surface area contributed by atoms with Gasteiger partial charge in [-0.15, -0.1) is 10.2 Å². The molecule has 1 heterocycles. The van der Waals surface area contributed by atoms with E-state index in [1.165, 1.54) is 31.4 Å². The average molecular weight is 602 g/mol. The Morgan fingerprint density at radius 2 is 1.64 bits per heavy atom. The number of aromatic hydroxyl groups is 1. The van der Waals surface area contributed by atoms with Crippen LogP contribution in [0.2, 0.25) is 5.02 Å². The predicted molar refractivity (Wildman–Crippen MR) is 133 cm³/mol. The number of azo groups is 1. The first-order valence-electron chi connectivity index (χ1n) is 10.2. The zero-order chi connectivity index (χ0) is 28.7. The van der Waals surface area contributed by atoms with Crippen LogP contribution in [0.5, 0.6) is 11.5 Å². The lowest BCUT2D eigenvalue weighted by Crippen LogP contribution is -2.02. The molecule has 0 bridgehead atoms. The van der Waals surface area contributed by atoms with Crippen molar-refractivity contribution in [3.8, 4) is 11.5 Å². The first-order chi connectivity index (χ1) is 18.2. The molecule has 4 rings (SSSR count). The van der Waals surface area contributed by atoms with Crippen molar-refractivity contribution in [3.63, 3.8) is 0 Å². The van der Waals surface area contributed by atoms with E-state index in [1.54, 1.807) is 0 Å². The maximum Gasteiger partial charge on any atom is 0.313 e. The normalized spacial score (nSPS) is 12.3. The van der Waals surface area contributed by atoms with Gasteiger partial charge in [-0.25, -0.2) is 0 Å². The number of nitrogens with one attached hydrogen (secondary N) is 1. The Hall–Kier alpha value is -4.03. The minimum absolute atomic E-state index is 0.00160. The van der Waals surface area contributed by atoms with Crippen LogP contribution in [0.1, 0.15) is 0 Å². The number of phenolic OH excluding ortho intramolecular Hbond substituents is 1. The highest BCUT2D eigenvalue weighted by Gasteiger charge is 2.23. The molecule has 204 valence electrons. The van der Waals surface area contributed by atoms with E-state index in [-0.39, 0.29) is 22.2 Å². The Morgan fingerprint density at radius 3 is 2.28 bits per heavy atom. The zero-order valence-corrected chi connectivity index (χ0v) is 21.6. The van der Waals surface area contributed by atoms with Gasteiger partial charge in [-0.1, -0.05) is 11.6 Å². The van der Waals surface area contributed by atoms with Gasteiger partial charge in [0, 0.05) is 17.1 Å². The molecule has 0 aliphatic carbocycles. The summed E-state index contributed by atoms with van der Waals surface area (Å²) in [6.07, 6.45) is -1.41. The van der Waals surface area contributed by atoms with Crippen LogP contribution in [-0.2, 0) is 20.2 Å². The lowest BCUT2D eigenvalue weighted by molar-refractivity contribution is 0.412. The molecule has 13 nitrogen and oxygen atoms in total. The highest BCUT2D eigenvalue weighted by Crippen LogP contribution is 2.43. The number of hydrogen-bond acceptors (Lipinski definition) is 11. The Kier molecular flexibility index (Phi) is 7.37. The van der Waals surface area contributed by atoms with Crippen molar-refractivity contribution in [2.45, 2.75) is 9.79 Å². The van der Waals surface area contributed by atoms with E-state index in [0.717, 1.165) is 18.2 Å². The van der Waals surface area contributed by atoms with Crippen molar-refractivity contribution < 1.29 is 44.6 Å². The molecule has 0 atom stereocenters. The summed E-state index contributed by atoms with van der Waals surface area (Å²) in [5.41, 5.74) is -1.11. The number of rotatable bonds is 7. The summed E-state index contributed by atoms with van der Waals surface area (Å²) in [6, 6.07) is 8.03. The van der Waals surface area contributed by atoms with E-state index >= 15 is 0 Å². The number of fused-ring (bicyclic) bond motifs is 1. The molecule has 0 fully saturated rings. The molecule has 3 aromatic carbocycles. The summed E-state index contributed by atoms with van der Waals surface area (Å²) in [5.74, 6) is -2.51.